The van der Waals surface area contributed by atoms with Crippen molar-refractivity contribution in [2.75, 3.05) is 12.4 Å². The Bertz CT molecular complexity index is 894. The summed E-state index contributed by atoms with van der Waals surface area (Å²) in [6.45, 7) is 4.15. The Hall–Kier alpha value is -2.88. The Balaban J connectivity index is 2.32. The van der Waals surface area contributed by atoms with Crippen molar-refractivity contribution in [2.24, 2.45) is 0 Å². The van der Waals surface area contributed by atoms with Crippen molar-refractivity contribution in [3.8, 4) is 0 Å². The van der Waals surface area contributed by atoms with Crippen LogP contribution in [-0.2, 0) is 12.8 Å². The van der Waals surface area contributed by atoms with E-state index in [-0.39, 0.29) is 11.6 Å². The zero-order valence-electron chi connectivity index (χ0n) is 16.3. The van der Waals surface area contributed by atoms with Crippen LogP contribution in [0, 0.1) is 0 Å². The van der Waals surface area contributed by atoms with Gasteiger partial charge in [0.05, 0.1) is 11.7 Å². The van der Waals surface area contributed by atoms with Gasteiger partial charge >= 0.3 is 0 Å². The summed E-state index contributed by atoms with van der Waals surface area (Å²) in [7, 11) is 1.82. The number of anilines is 1. The van der Waals surface area contributed by atoms with Gasteiger partial charge in [-0.25, -0.2) is 4.98 Å². The molecular weight excluding hydrogens is 334 g/mol. The molecule has 0 fully saturated rings. The van der Waals surface area contributed by atoms with Gasteiger partial charge in [0.1, 0.15) is 0 Å². The predicted molar refractivity (Wildman–Crippen MR) is 112 cm³/mol. The van der Waals surface area contributed by atoms with E-state index in [0.717, 1.165) is 41.6 Å². The van der Waals surface area contributed by atoms with E-state index in [9.17, 15) is 4.79 Å². The van der Waals surface area contributed by atoms with Crippen LogP contribution in [0.3, 0.4) is 0 Å². The molecule has 4 nitrogen and oxygen atoms in total. The maximum atomic E-state index is 13.6. The molecule has 0 atom stereocenters. The molecule has 0 bridgehead atoms. The second kappa shape index (κ2) is 8.67. The van der Waals surface area contributed by atoms with Crippen molar-refractivity contribution < 1.29 is 0 Å². The lowest BCUT2D eigenvalue weighted by Gasteiger charge is -2.25. The highest BCUT2D eigenvalue weighted by molar-refractivity contribution is 5.40. The number of rotatable bonds is 7. The van der Waals surface area contributed by atoms with Crippen LogP contribution in [0.1, 0.15) is 48.7 Å². The van der Waals surface area contributed by atoms with Crippen molar-refractivity contribution in [2.45, 2.75) is 39.2 Å². The predicted octanol–water partition coefficient (Wildman–Crippen LogP) is 4.44. The minimum atomic E-state index is -0.226. The quantitative estimate of drug-likeness (QED) is 0.677. The van der Waals surface area contributed by atoms with E-state index in [1.165, 1.54) is 0 Å². The van der Waals surface area contributed by atoms with Crippen molar-refractivity contribution in [1.82, 2.24) is 9.55 Å². The lowest BCUT2D eigenvalue weighted by Crippen LogP contribution is -2.33. The molecule has 3 aromatic rings. The van der Waals surface area contributed by atoms with Crippen LogP contribution in [0.5, 0.6) is 0 Å². The van der Waals surface area contributed by atoms with E-state index in [0.29, 0.717) is 5.95 Å². The third-order valence-corrected chi connectivity index (χ3v) is 4.84. The van der Waals surface area contributed by atoms with Gasteiger partial charge < -0.3 is 5.32 Å². The van der Waals surface area contributed by atoms with Crippen LogP contribution in [0.2, 0.25) is 0 Å². The lowest BCUT2D eigenvalue weighted by atomic mass is 9.97. The van der Waals surface area contributed by atoms with Gasteiger partial charge in [-0.3, -0.25) is 9.36 Å². The molecule has 1 N–H and O–H groups in total. The van der Waals surface area contributed by atoms with Crippen molar-refractivity contribution >= 4 is 5.95 Å². The molecule has 0 saturated heterocycles. The molecule has 0 aliphatic carbocycles. The molecule has 1 heterocycles. The number of benzene rings is 2. The van der Waals surface area contributed by atoms with Crippen molar-refractivity contribution in [3.05, 3.63) is 93.4 Å². The van der Waals surface area contributed by atoms with Gasteiger partial charge in [-0.1, -0.05) is 80.9 Å². The molecule has 3 rings (SSSR count). The first-order valence-electron chi connectivity index (χ1n) is 9.63. The molecule has 0 aliphatic heterocycles. The fraction of sp³-hybridized carbons (Fsp3) is 0.304. The first-order valence-corrected chi connectivity index (χ1v) is 9.63. The van der Waals surface area contributed by atoms with E-state index >= 15 is 0 Å². The summed E-state index contributed by atoms with van der Waals surface area (Å²) in [6, 6.07) is 20.1. The van der Waals surface area contributed by atoms with Gasteiger partial charge in [0.25, 0.3) is 5.56 Å². The summed E-state index contributed by atoms with van der Waals surface area (Å²) in [6.07, 6.45) is 2.42. The number of hydrogen-bond donors (Lipinski definition) is 1. The largest absolute Gasteiger partial charge is 0.359 e. The van der Waals surface area contributed by atoms with Crippen LogP contribution in [0.15, 0.2) is 65.5 Å². The highest BCUT2D eigenvalue weighted by Crippen LogP contribution is 2.28. The van der Waals surface area contributed by atoms with Crippen molar-refractivity contribution in [1.29, 1.82) is 0 Å². The fourth-order valence-corrected chi connectivity index (χ4v) is 3.59. The van der Waals surface area contributed by atoms with E-state index in [2.05, 4.69) is 43.4 Å². The van der Waals surface area contributed by atoms with E-state index in [4.69, 9.17) is 4.98 Å². The first-order chi connectivity index (χ1) is 13.2. The lowest BCUT2D eigenvalue weighted by molar-refractivity contribution is 0.627. The molecule has 2 aromatic carbocycles. The molecule has 4 heteroatoms. The Kier molecular flexibility index (Phi) is 6.07. The number of aromatic nitrogens is 2. The van der Waals surface area contributed by atoms with Crippen LogP contribution in [-0.4, -0.2) is 16.6 Å². The van der Waals surface area contributed by atoms with E-state index in [1.54, 1.807) is 0 Å². The third-order valence-electron chi connectivity index (χ3n) is 4.84. The molecule has 0 radical (unpaired) electrons. The number of nitrogens with zero attached hydrogens (tertiary/aromatic N) is 2. The third kappa shape index (κ3) is 3.80. The fourth-order valence-electron chi connectivity index (χ4n) is 3.59. The van der Waals surface area contributed by atoms with Crippen molar-refractivity contribution in [3.63, 3.8) is 0 Å². The molecule has 0 amide bonds. The number of hydrogen-bond acceptors (Lipinski definition) is 3. The number of aryl methyl sites for hydroxylation is 1. The summed E-state index contributed by atoms with van der Waals surface area (Å²) < 4.78 is 1.81. The van der Waals surface area contributed by atoms with Crippen LogP contribution >= 0.6 is 0 Å². The highest BCUT2D eigenvalue weighted by atomic mass is 16.1. The Morgan fingerprint density at radius 2 is 1.52 bits per heavy atom. The van der Waals surface area contributed by atoms with Crippen LogP contribution < -0.4 is 10.9 Å². The zero-order chi connectivity index (χ0) is 19.2. The summed E-state index contributed by atoms with van der Waals surface area (Å²) in [4.78, 5) is 18.4. The topological polar surface area (TPSA) is 46.9 Å². The summed E-state index contributed by atoms with van der Waals surface area (Å²) >= 11 is 0. The van der Waals surface area contributed by atoms with Gasteiger partial charge in [-0.2, -0.15) is 0 Å². The van der Waals surface area contributed by atoms with E-state index < -0.39 is 0 Å². The summed E-state index contributed by atoms with van der Waals surface area (Å²) in [5.41, 5.74) is 3.90. The Morgan fingerprint density at radius 3 is 1.96 bits per heavy atom. The Morgan fingerprint density at radius 1 is 0.963 bits per heavy atom. The second-order valence-electron chi connectivity index (χ2n) is 6.61. The number of nitrogens with one attached hydrogen (secondary N) is 1. The van der Waals surface area contributed by atoms with Gasteiger partial charge in [-0.05, 0) is 24.0 Å². The standard InChI is InChI=1S/C23H27N3O/c1-4-12-19-20(5-2)25-23(24-3)26(22(19)27)21(17-13-8-6-9-14-17)18-15-10-7-11-16-18/h6-11,13-16,21H,4-5,12H2,1-3H3,(H,24,25). The smallest absolute Gasteiger partial charge is 0.259 e. The molecule has 0 aliphatic rings. The van der Waals surface area contributed by atoms with Crippen LogP contribution in [0.4, 0.5) is 5.95 Å². The molecular formula is C23H27N3O. The maximum Gasteiger partial charge on any atom is 0.259 e. The maximum absolute atomic E-state index is 13.6. The Labute approximate surface area is 160 Å². The van der Waals surface area contributed by atoms with Crippen LogP contribution in [0.25, 0.3) is 0 Å². The minimum Gasteiger partial charge on any atom is -0.359 e. The monoisotopic (exact) mass is 361 g/mol. The first kappa shape index (κ1) is 18.9. The van der Waals surface area contributed by atoms with Gasteiger partial charge in [0, 0.05) is 12.6 Å². The molecule has 0 spiro atoms. The van der Waals surface area contributed by atoms with Gasteiger partial charge in [-0.15, -0.1) is 0 Å². The van der Waals surface area contributed by atoms with Gasteiger partial charge in [0.2, 0.25) is 5.95 Å². The average molecular weight is 361 g/mol. The van der Waals surface area contributed by atoms with Gasteiger partial charge in [0.15, 0.2) is 0 Å². The average Bonchev–Trinajstić information content (AvgIpc) is 2.72. The molecule has 27 heavy (non-hydrogen) atoms. The molecule has 0 saturated carbocycles. The second-order valence-corrected chi connectivity index (χ2v) is 6.61. The highest BCUT2D eigenvalue weighted by Gasteiger charge is 2.23. The SMILES string of the molecule is CCCc1c(CC)nc(NC)n(C(c2ccccc2)c2ccccc2)c1=O. The minimum absolute atomic E-state index is 0.0470. The summed E-state index contributed by atoms with van der Waals surface area (Å²) in [5.74, 6) is 0.606. The molecule has 0 unspecified atom stereocenters. The molecule has 140 valence electrons. The normalized spacial score (nSPS) is 11.0. The molecule has 1 aromatic heterocycles. The van der Waals surface area contributed by atoms with E-state index in [1.807, 2.05) is 48.0 Å². The summed E-state index contributed by atoms with van der Waals surface area (Å²) in [5, 5.41) is 3.15. The zero-order valence-corrected chi connectivity index (χ0v) is 16.3.